The fourth-order valence-corrected chi connectivity index (χ4v) is 1.53. The third kappa shape index (κ3) is 27.8. The molecule has 0 fully saturated rings. The van der Waals surface area contributed by atoms with E-state index in [-0.39, 0.29) is 92.8 Å². The molecule has 5 aromatic heterocycles. The first-order valence-electron chi connectivity index (χ1n) is 9.04. The zero-order valence-corrected chi connectivity index (χ0v) is 27.0. The molecule has 0 spiro atoms. The summed E-state index contributed by atoms with van der Waals surface area (Å²) in [5.74, 6) is 2.67. The summed E-state index contributed by atoms with van der Waals surface area (Å²) in [5.41, 5.74) is 2.17. The number of rotatable bonds is 0. The molecule has 0 unspecified atom stereocenters. The molecule has 0 aromatic carbocycles. The van der Waals surface area contributed by atoms with E-state index in [9.17, 15) is 0 Å². The van der Waals surface area contributed by atoms with Gasteiger partial charge in [0.25, 0.3) is 0 Å². The van der Waals surface area contributed by atoms with Crippen LogP contribution in [0.2, 0.25) is 0 Å². The van der Waals surface area contributed by atoms with Gasteiger partial charge in [0, 0.05) is 92.8 Å². The van der Waals surface area contributed by atoms with Crippen LogP contribution in [0.3, 0.4) is 0 Å². The van der Waals surface area contributed by atoms with Crippen molar-refractivity contribution in [3.63, 3.8) is 0 Å². The molecule has 5 heterocycles. The fourth-order valence-electron chi connectivity index (χ4n) is 1.53. The van der Waals surface area contributed by atoms with Crippen molar-refractivity contribution in [3.8, 4) is 0 Å². The summed E-state index contributed by atoms with van der Waals surface area (Å²) in [6.45, 7) is 9.52. The predicted molar refractivity (Wildman–Crippen MR) is 111 cm³/mol. The molecular formula is C25H25O5V5-5. The quantitative estimate of drug-likeness (QED) is 0.169. The molecule has 0 bridgehead atoms. The molecule has 185 valence electrons. The second kappa shape index (κ2) is 29.6. The fraction of sp³-hybridized carbons (Fsp3) is 0.200. The third-order valence-corrected chi connectivity index (χ3v) is 3.00. The first-order chi connectivity index (χ1) is 14.5. The largest absolute Gasteiger partial charge is 0.599 e. The summed E-state index contributed by atoms with van der Waals surface area (Å²) in [4.78, 5) is 0. The predicted octanol–water partition coefficient (Wildman–Crippen LogP) is 6.93. The van der Waals surface area contributed by atoms with Crippen LogP contribution < -0.4 is 0 Å². The van der Waals surface area contributed by atoms with E-state index in [1.54, 1.807) is 43.1 Å². The minimum absolute atomic E-state index is 0. The Morgan fingerprint density at radius 3 is 1.54 bits per heavy atom. The van der Waals surface area contributed by atoms with Crippen LogP contribution in [-0.4, -0.2) is 0 Å². The van der Waals surface area contributed by atoms with Crippen molar-refractivity contribution in [1.82, 2.24) is 0 Å². The van der Waals surface area contributed by atoms with Crippen molar-refractivity contribution in [3.05, 3.63) is 121 Å². The van der Waals surface area contributed by atoms with Crippen molar-refractivity contribution in [2.24, 2.45) is 0 Å². The number of hydrogen-bond donors (Lipinski definition) is 0. The van der Waals surface area contributed by atoms with Crippen LogP contribution in [0.4, 0.5) is 0 Å². The van der Waals surface area contributed by atoms with Gasteiger partial charge in [0.15, 0.2) is 0 Å². The molecular weight excluding hydrogens is 635 g/mol. The number of aryl methyl sites for hydroxylation is 5. The summed E-state index contributed by atoms with van der Waals surface area (Å²) < 4.78 is 23.5. The number of furan rings is 5. The van der Waals surface area contributed by atoms with Crippen LogP contribution >= 0.6 is 0 Å². The van der Waals surface area contributed by atoms with Gasteiger partial charge in [-0.15, -0.1) is 12.1 Å². The maximum atomic E-state index is 4.78. The first kappa shape index (κ1) is 44.3. The van der Waals surface area contributed by atoms with Gasteiger partial charge in [-0.05, 0) is 37.7 Å². The van der Waals surface area contributed by atoms with Gasteiger partial charge in [-0.1, -0.05) is 58.0 Å². The van der Waals surface area contributed by atoms with Crippen LogP contribution in [0, 0.1) is 65.3 Å². The van der Waals surface area contributed by atoms with E-state index < -0.39 is 0 Å². The Morgan fingerprint density at radius 1 is 0.686 bits per heavy atom. The monoisotopic (exact) mass is 660 g/mol. The van der Waals surface area contributed by atoms with Gasteiger partial charge in [0.2, 0.25) is 0 Å². The Morgan fingerprint density at radius 2 is 1.40 bits per heavy atom. The van der Waals surface area contributed by atoms with Crippen molar-refractivity contribution in [1.29, 1.82) is 0 Å². The van der Waals surface area contributed by atoms with Crippen LogP contribution in [0.1, 0.15) is 28.4 Å². The maximum Gasteiger partial charge on any atom is 0 e. The van der Waals surface area contributed by atoms with Gasteiger partial charge in [-0.2, -0.15) is 29.3 Å². The average molecular weight is 660 g/mol. The van der Waals surface area contributed by atoms with Crippen molar-refractivity contribution < 1.29 is 115 Å². The molecule has 0 aliphatic carbocycles. The Kier molecular flexibility index (Phi) is 37.4. The SMILES string of the molecule is Cc1[c-]cco1.Cc1[c-]coc1.Cc1c[c-]co1.Cc1c[c-]oc1.Cc1cc[c-]o1.[V].[V].[V].[V].[V]. The molecule has 0 amide bonds. The molecule has 0 N–H and O–H groups in total. The third-order valence-electron chi connectivity index (χ3n) is 3.00. The van der Waals surface area contributed by atoms with Gasteiger partial charge in [-0.25, -0.2) is 18.2 Å². The van der Waals surface area contributed by atoms with Crippen LogP contribution in [-0.2, 0) is 92.8 Å². The molecule has 5 radical (unpaired) electrons. The normalized spacial score (nSPS) is 7.57. The molecule has 0 aliphatic heterocycles. The van der Waals surface area contributed by atoms with E-state index in [4.69, 9.17) is 13.3 Å². The molecule has 0 atom stereocenters. The number of hydrogen-bond acceptors (Lipinski definition) is 5. The van der Waals surface area contributed by atoms with Gasteiger partial charge in [-0.3, -0.25) is 0 Å². The zero-order valence-electron chi connectivity index (χ0n) is 20.1. The molecule has 5 rings (SSSR count). The Hall–Kier alpha value is -0.678. The van der Waals surface area contributed by atoms with Crippen molar-refractivity contribution >= 4 is 0 Å². The van der Waals surface area contributed by atoms with E-state index >= 15 is 0 Å². The van der Waals surface area contributed by atoms with E-state index in [2.05, 4.69) is 39.6 Å². The van der Waals surface area contributed by atoms with Gasteiger partial charge < -0.3 is 22.1 Å². The van der Waals surface area contributed by atoms with E-state index in [0.29, 0.717) is 0 Å². The van der Waals surface area contributed by atoms with Crippen LogP contribution in [0.15, 0.2) is 83.7 Å². The van der Waals surface area contributed by atoms with E-state index in [0.717, 1.165) is 28.4 Å². The molecule has 5 nitrogen and oxygen atoms in total. The molecule has 10 heteroatoms. The Bertz CT molecular complexity index is 745. The molecule has 0 saturated heterocycles. The van der Waals surface area contributed by atoms with Crippen LogP contribution in [0.5, 0.6) is 0 Å². The topological polar surface area (TPSA) is 65.7 Å². The summed E-state index contributed by atoms with van der Waals surface area (Å²) in [5, 5.41) is 0. The Balaban J connectivity index is -0.000000103. The standard InChI is InChI=1S/5C5H5O.5V/c2*1-5-2-3-6-4-5;3*1-5-3-2-4-6-5;;;;;/h3-4H,1H3;2,4H,1H3;3-4H,1H3;2,4H,1H3;2-3H,1H3;;;;;/q5*-1;;;;;. The van der Waals surface area contributed by atoms with Gasteiger partial charge >= 0.3 is 0 Å². The molecule has 0 saturated carbocycles. The summed E-state index contributed by atoms with van der Waals surface area (Å²) in [7, 11) is 0. The minimum atomic E-state index is 0. The second-order valence-corrected chi connectivity index (χ2v) is 5.88. The summed E-state index contributed by atoms with van der Waals surface area (Å²) in [6.07, 6.45) is 13.1. The maximum absolute atomic E-state index is 4.78. The zero-order chi connectivity index (χ0) is 22.0. The smallest absolute Gasteiger partial charge is 0 e. The van der Waals surface area contributed by atoms with Gasteiger partial charge in [0.05, 0.1) is 0 Å². The molecule has 35 heavy (non-hydrogen) atoms. The second-order valence-electron chi connectivity index (χ2n) is 5.88. The van der Waals surface area contributed by atoms with Crippen LogP contribution in [0.25, 0.3) is 0 Å². The van der Waals surface area contributed by atoms with Crippen molar-refractivity contribution in [2.45, 2.75) is 34.6 Å². The molecule has 0 aliphatic rings. The summed E-state index contributed by atoms with van der Waals surface area (Å²) in [6, 6.07) is 17.4. The molecule has 5 aromatic rings. The van der Waals surface area contributed by atoms with E-state index in [1.807, 2.05) is 40.7 Å². The van der Waals surface area contributed by atoms with Crippen molar-refractivity contribution in [2.75, 3.05) is 0 Å². The first-order valence-corrected chi connectivity index (χ1v) is 9.04. The summed E-state index contributed by atoms with van der Waals surface area (Å²) >= 11 is 0. The minimum Gasteiger partial charge on any atom is -0.599 e. The van der Waals surface area contributed by atoms with E-state index in [1.165, 1.54) is 12.5 Å². The van der Waals surface area contributed by atoms with Gasteiger partial charge in [0.1, 0.15) is 0 Å². The average Bonchev–Trinajstić information content (AvgIpc) is 3.50. The Labute approximate surface area is 268 Å².